The van der Waals surface area contributed by atoms with Crippen LogP contribution in [0.3, 0.4) is 0 Å². The SMILES string of the molecule is [NH]C1CCC(c2ccccc2)C1. The van der Waals surface area contributed by atoms with Crippen molar-refractivity contribution < 1.29 is 0 Å². The van der Waals surface area contributed by atoms with E-state index in [2.05, 4.69) is 30.3 Å². The lowest BCUT2D eigenvalue weighted by atomic mass is 9.98. The summed E-state index contributed by atoms with van der Waals surface area (Å²) in [5.41, 5.74) is 9.04. The lowest BCUT2D eigenvalue weighted by Crippen LogP contribution is -2.01. The Morgan fingerprint density at radius 3 is 2.42 bits per heavy atom. The fourth-order valence-corrected chi connectivity index (χ4v) is 2.01. The van der Waals surface area contributed by atoms with Crippen LogP contribution in [0.1, 0.15) is 30.7 Å². The molecule has 0 saturated heterocycles. The van der Waals surface area contributed by atoms with Crippen LogP contribution in [-0.2, 0) is 0 Å². The Bertz CT molecular complexity index is 242. The summed E-state index contributed by atoms with van der Waals surface area (Å²) < 4.78 is 0. The van der Waals surface area contributed by atoms with Crippen LogP contribution < -0.4 is 5.73 Å². The van der Waals surface area contributed by atoms with Gasteiger partial charge >= 0.3 is 0 Å². The van der Waals surface area contributed by atoms with E-state index in [9.17, 15) is 0 Å². The van der Waals surface area contributed by atoms with Crippen LogP contribution in [0.25, 0.3) is 0 Å². The minimum Gasteiger partial charge on any atom is -0.254 e. The zero-order valence-corrected chi connectivity index (χ0v) is 7.16. The van der Waals surface area contributed by atoms with E-state index in [0.29, 0.717) is 5.92 Å². The maximum absolute atomic E-state index is 7.61. The maximum Gasteiger partial charge on any atom is 0.0219 e. The largest absolute Gasteiger partial charge is 0.254 e. The predicted molar refractivity (Wildman–Crippen MR) is 49.9 cm³/mol. The van der Waals surface area contributed by atoms with Crippen LogP contribution in [0.4, 0.5) is 0 Å². The third-order valence-corrected chi connectivity index (χ3v) is 2.70. The second kappa shape index (κ2) is 3.28. The van der Waals surface area contributed by atoms with E-state index >= 15 is 0 Å². The second-order valence-electron chi connectivity index (χ2n) is 3.62. The highest BCUT2D eigenvalue weighted by Crippen LogP contribution is 2.33. The van der Waals surface area contributed by atoms with E-state index in [1.807, 2.05) is 0 Å². The van der Waals surface area contributed by atoms with Crippen molar-refractivity contribution >= 4 is 0 Å². The Hall–Kier alpha value is -0.820. The first-order valence-corrected chi connectivity index (χ1v) is 4.62. The number of hydrogen-bond acceptors (Lipinski definition) is 0. The van der Waals surface area contributed by atoms with Crippen molar-refractivity contribution in [2.24, 2.45) is 0 Å². The molecule has 1 aromatic carbocycles. The molecule has 0 spiro atoms. The molecule has 1 N–H and O–H groups in total. The summed E-state index contributed by atoms with van der Waals surface area (Å²) in [5, 5.41) is 0. The van der Waals surface area contributed by atoms with E-state index in [1.54, 1.807) is 0 Å². The van der Waals surface area contributed by atoms with Gasteiger partial charge in [0.15, 0.2) is 0 Å². The number of rotatable bonds is 1. The van der Waals surface area contributed by atoms with Crippen molar-refractivity contribution in [2.75, 3.05) is 0 Å². The molecule has 1 fully saturated rings. The third kappa shape index (κ3) is 1.51. The zero-order valence-electron chi connectivity index (χ0n) is 7.16. The monoisotopic (exact) mass is 160 g/mol. The Balaban J connectivity index is 2.11. The summed E-state index contributed by atoms with van der Waals surface area (Å²) in [7, 11) is 0. The molecule has 63 valence electrons. The maximum atomic E-state index is 7.61. The van der Waals surface area contributed by atoms with E-state index in [1.165, 1.54) is 12.0 Å². The molecule has 2 atom stereocenters. The van der Waals surface area contributed by atoms with Gasteiger partial charge in [-0.15, -0.1) is 0 Å². The van der Waals surface area contributed by atoms with E-state index in [0.717, 1.165) is 12.8 Å². The molecule has 2 unspecified atom stereocenters. The van der Waals surface area contributed by atoms with E-state index < -0.39 is 0 Å². The molecule has 12 heavy (non-hydrogen) atoms. The topological polar surface area (TPSA) is 23.8 Å². The Morgan fingerprint density at radius 1 is 1.08 bits per heavy atom. The average molecular weight is 160 g/mol. The highest BCUT2D eigenvalue weighted by atomic mass is 14.6. The highest BCUT2D eigenvalue weighted by Gasteiger charge is 2.22. The van der Waals surface area contributed by atoms with Crippen LogP contribution in [0, 0.1) is 0 Å². The van der Waals surface area contributed by atoms with Crippen molar-refractivity contribution in [1.82, 2.24) is 5.73 Å². The number of nitrogens with one attached hydrogen (secondary N) is 1. The Labute approximate surface area is 73.6 Å². The molecule has 0 aromatic heterocycles. The molecule has 0 heterocycles. The first-order chi connectivity index (χ1) is 5.86. The van der Waals surface area contributed by atoms with Crippen molar-refractivity contribution in [2.45, 2.75) is 31.2 Å². The summed E-state index contributed by atoms with van der Waals surface area (Å²) in [6.07, 6.45) is 3.35. The minimum absolute atomic E-state index is 0.190. The lowest BCUT2D eigenvalue weighted by molar-refractivity contribution is 0.658. The molecule has 1 aromatic rings. The van der Waals surface area contributed by atoms with Gasteiger partial charge in [0, 0.05) is 6.04 Å². The van der Waals surface area contributed by atoms with Crippen molar-refractivity contribution in [3.8, 4) is 0 Å². The van der Waals surface area contributed by atoms with Crippen LogP contribution in [-0.4, -0.2) is 6.04 Å². The standard InChI is InChI=1S/C11H14N/c12-11-7-6-10(8-11)9-4-2-1-3-5-9/h1-5,10-12H,6-8H2. The second-order valence-corrected chi connectivity index (χ2v) is 3.62. The molecular formula is C11H14N. The molecule has 1 nitrogen and oxygen atoms in total. The summed E-state index contributed by atoms with van der Waals surface area (Å²) in [4.78, 5) is 0. The van der Waals surface area contributed by atoms with Crippen LogP contribution >= 0.6 is 0 Å². The first kappa shape index (κ1) is 7.81. The van der Waals surface area contributed by atoms with Gasteiger partial charge < -0.3 is 0 Å². The molecule has 0 bridgehead atoms. The van der Waals surface area contributed by atoms with Crippen LogP contribution in [0.15, 0.2) is 30.3 Å². The zero-order chi connectivity index (χ0) is 8.39. The van der Waals surface area contributed by atoms with Crippen molar-refractivity contribution in [3.63, 3.8) is 0 Å². The van der Waals surface area contributed by atoms with Gasteiger partial charge in [0.05, 0.1) is 0 Å². The third-order valence-electron chi connectivity index (χ3n) is 2.70. The molecule has 1 heteroatoms. The average Bonchev–Trinajstić information content (AvgIpc) is 2.54. The fourth-order valence-electron chi connectivity index (χ4n) is 2.01. The minimum atomic E-state index is 0.190. The van der Waals surface area contributed by atoms with Gasteiger partial charge in [0.25, 0.3) is 0 Å². The normalized spacial score (nSPS) is 29.1. The summed E-state index contributed by atoms with van der Waals surface area (Å²) in [5.74, 6) is 0.661. The predicted octanol–water partition coefficient (Wildman–Crippen LogP) is 2.61. The number of hydrogen-bond donors (Lipinski definition) is 0. The van der Waals surface area contributed by atoms with Crippen LogP contribution in [0.2, 0.25) is 0 Å². The van der Waals surface area contributed by atoms with Gasteiger partial charge in [-0.25, -0.2) is 0 Å². The molecule has 0 aliphatic heterocycles. The van der Waals surface area contributed by atoms with E-state index in [-0.39, 0.29) is 6.04 Å². The van der Waals surface area contributed by atoms with Crippen molar-refractivity contribution in [3.05, 3.63) is 35.9 Å². The Kier molecular flexibility index (Phi) is 2.13. The van der Waals surface area contributed by atoms with E-state index in [4.69, 9.17) is 5.73 Å². The summed E-state index contributed by atoms with van der Waals surface area (Å²) in [6.45, 7) is 0. The quantitative estimate of drug-likeness (QED) is 0.603. The molecule has 1 radical (unpaired) electrons. The lowest BCUT2D eigenvalue weighted by Gasteiger charge is -2.08. The molecule has 1 aliphatic carbocycles. The first-order valence-electron chi connectivity index (χ1n) is 4.62. The van der Waals surface area contributed by atoms with Gasteiger partial charge in [-0.05, 0) is 30.7 Å². The smallest absolute Gasteiger partial charge is 0.0219 e. The van der Waals surface area contributed by atoms with Gasteiger partial charge in [0.2, 0.25) is 0 Å². The van der Waals surface area contributed by atoms with Crippen LogP contribution in [0.5, 0.6) is 0 Å². The Morgan fingerprint density at radius 2 is 1.83 bits per heavy atom. The number of benzene rings is 1. The highest BCUT2D eigenvalue weighted by molar-refractivity contribution is 5.20. The van der Waals surface area contributed by atoms with Gasteiger partial charge in [-0.3, -0.25) is 5.73 Å². The van der Waals surface area contributed by atoms with Gasteiger partial charge in [-0.2, -0.15) is 0 Å². The van der Waals surface area contributed by atoms with Crippen molar-refractivity contribution in [1.29, 1.82) is 0 Å². The molecular weight excluding hydrogens is 146 g/mol. The molecule has 1 saturated carbocycles. The van der Waals surface area contributed by atoms with Gasteiger partial charge in [-0.1, -0.05) is 30.3 Å². The summed E-state index contributed by atoms with van der Waals surface area (Å²) >= 11 is 0. The molecule has 0 amide bonds. The summed E-state index contributed by atoms with van der Waals surface area (Å²) in [6, 6.07) is 10.8. The molecule has 2 rings (SSSR count). The molecule has 1 aliphatic rings. The fraction of sp³-hybridized carbons (Fsp3) is 0.455. The van der Waals surface area contributed by atoms with Gasteiger partial charge in [0.1, 0.15) is 0 Å².